The van der Waals surface area contributed by atoms with Crippen LogP contribution in [0.5, 0.6) is 0 Å². The lowest BCUT2D eigenvalue weighted by Gasteiger charge is -2.41. The molecule has 0 N–H and O–H groups in total. The Kier molecular flexibility index (Phi) is 9.54. The summed E-state index contributed by atoms with van der Waals surface area (Å²) < 4.78 is 96.9. The normalized spacial score (nSPS) is 22.4. The van der Waals surface area contributed by atoms with Crippen molar-refractivity contribution in [2.75, 3.05) is 0 Å². The molecule has 0 bridgehead atoms. The van der Waals surface area contributed by atoms with Gasteiger partial charge in [0.2, 0.25) is 0 Å². The van der Waals surface area contributed by atoms with Gasteiger partial charge in [0.15, 0.2) is 0 Å². The molecule has 0 saturated heterocycles. The predicted octanol–water partition coefficient (Wildman–Crippen LogP) is 11.4. The van der Waals surface area contributed by atoms with Crippen LogP contribution in [0, 0.1) is 58.8 Å². The first-order chi connectivity index (χ1) is 20.5. The molecule has 2 aliphatic carbocycles. The van der Waals surface area contributed by atoms with E-state index in [2.05, 4.69) is 13.0 Å². The van der Waals surface area contributed by atoms with Gasteiger partial charge in [-0.25, -0.2) is 17.6 Å². The van der Waals surface area contributed by atoms with E-state index in [9.17, 15) is 22.0 Å². The number of rotatable bonds is 7. The van der Waals surface area contributed by atoms with Crippen molar-refractivity contribution in [1.82, 2.24) is 0 Å². The fourth-order valence-electron chi connectivity index (χ4n) is 7.09. The molecular formula is C36H35F7. The topological polar surface area (TPSA) is 0 Å². The molecule has 0 aliphatic heterocycles. The highest BCUT2D eigenvalue weighted by Gasteiger charge is 2.34. The van der Waals surface area contributed by atoms with E-state index in [-0.39, 0.29) is 21.9 Å². The zero-order valence-corrected chi connectivity index (χ0v) is 24.1. The van der Waals surface area contributed by atoms with Gasteiger partial charge in [0.25, 0.3) is 0 Å². The molecule has 43 heavy (non-hydrogen) atoms. The summed E-state index contributed by atoms with van der Waals surface area (Å²) in [4.78, 5) is 0. The standard InChI is InChI=1S/C36H35F7/c1-2-3-4-5-22-8-10-26-17-23(9-11-25(26)16-22)6-7-24-18-32(38)34(33(39)19-24)27-12-13-29-28(20-27)21-31(37)30(35(29)40)14-15-36(41,42)43/h6-7,12-13,18-23,25-26H,2-5,8-11,16-17H2,1H3/b7-6+. The number of fused-ring (bicyclic) bond motifs is 2. The second kappa shape index (κ2) is 13.2. The van der Waals surface area contributed by atoms with Crippen LogP contribution < -0.4 is 0 Å². The average Bonchev–Trinajstić information content (AvgIpc) is 2.95. The van der Waals surface area contributed by atoms with E-state index in [0.29, 0.717) is 11.5 Å². The quantitative estimate of drug-likeness (QED) is 0.144. The Morgan fingerprint density at radius 2 is 1.56 bits per heavy atom. The van der Waals surface area contributed by atoms with E-state index in [4.69, 9.17) is 0 Å². The van der Waals surface area contributed by atoms with Crippen LogP contribution in [0.15, 0.2) is 42.5 Å². The molecule has 3 aromatic carbocycles. The lowest BCUT2D eigenvalue weighted by atomic mass is 9.64. The molecule has 2 saturated carbocycles. The Morgan fingerprint density at radius 3 is 2.28 bits per heavy atom. The molecule has 4 atom stereocenters. The highest BCUT2D eigenvalue weighted by atomic mass is 19.4. The van der Waals surface area contributed by atoms with Gasteiger partial charge in [0.05, 0.1) is 11.1 Å². The van der Waals surface area contributed by atoms with Crippen molar-refractivity contribution in [3.8, 4) is 23.0 Å². The van der Waals surface area contributed by atoms with Crippen LogP contribution in [-0.2, 0) is 0 Å². The molecule has 0 amide bonds. The first-order valence-corrected chi connectivity index (χ1v) is 15.2. The highest BCUT2D eigenvalue weighted by Crippen LogP contribution is 2.46. The van der Waals surface area contributed by atoms with Gasteiger partial charge in [-0.15, -0.1) is 0 Å². The third kappa shape index (κ3) is 7.45. The SMILES string of the molecule is CCCCCC1CCC2CC(/C=C/c3cc(F)c(-c4ccc5c(F)c(C#CC(F)(F)F)c(F)cc5c4)c(F)c3)CCC2C1. The van der Waals surface area contributed by atoms with Crippen LogP contribution in [0.3, 0.4) is 0 Å². The van der Waals surface area contributed by atoms with Crippen molar-refractivity contribution in [2.45, 2.75) is 77.3 Å². The van der Waals surface area contributed by atoms with Crippen LogP contribution in [0.2, 0.25) is 0 Å². The first kappa shape index (κ1) is 31.2. The molecule has 2 aliphatic rings. The summed E-state index contributed by atoms with van der Waals surface area (Å²) in [5.74, 6) is 0.891. The third-order valence-corrected chi connectivity index (χ3v) is 9.25. The molecule has 7 heteroatoms. The molecular weight excluding hydrogens is 565 g/mol. The van der Waals surface area contributed by atoms with Gasteiger partial charge >= 0.3 is 6.18 Å². The van der Waals surface area contributed by atoms with Crippen LogP contribution >= 0.6 is 0 Å². The van der Waals surface area contributed by atoms with Gasteiger partial charge < -0.3 is 0 Å². The fraction of sp³-hybridized carbons (Fsp3) is 0.444. The number of hydrogen-bond donors (Lipinski definition) is 0. The number of unbranched alkanes of at least 4 members (excludes halogenated alkanes) is 2. The molecule has 4 unspecified atom stereocenters. The maximum Gasteiger partial charge on any atom is 0.458 e. The molecule has 5 rings (SSSR count). The van der Waals surface area contributed by atoms with Crippen molar-refractivity contribution in [1.29, 1.82) is 0 Å². The third-order valence-electron chi connectivity index (χ3n) is 9.25. The zero-order valence-electron chi connectivity index (χ0n) is 24.1. The Hall–Kier alpha value is -3.27. The van der Waals surface area contributed by atoms with E-state index in [1.807, 2.05) is 0 Å². The van der Waals surface area contributed by atoms with Crippen LogP contribution in [0.25, 0.3) is 28.0 Å². The summed E-state index contributed by atoms with van der Waals surface area (Å²) in [6.45, 7) is 2.24. The monoisotopic (exact) mass is 600 g/mol. The van der Waals surface area contributed by atoms with Crippen molar-refractivity contribution >= 4 is 16.8 Å². The summed E-state index contributed by atoms with van der Waals surface area (Å²) in [7, 11) is 0. The molecule has 3 aromatic rings. The smallest absolute Gasteiger partial charge is 0.206 e. The van der Waals surface area contributed by atoms with Gasteiger partial charge in [-0.2, -0.15) is 13.2 Å². The van der Waals surface area contributed by atoms with E-state index in [0.717, 1.165) is 48.6 Å². The van der Waals surface area contributed by atoms with Crippen LogP contribution in [0.4, 0.5) is 30.7 Å². The lowest BCUT2D eigenvalue weighted by Crippen LogP contribution is -2.30. The minimum Gasteiger partial charge on any atom is -0.206 e. The Labute approximate surface area is 248 Å². The average molecular weight is 601 g/mol. The zero-order chi connectivity index (χ0) is 30.7. The molecule has 228 valence electrons. The Balaban J connectivity index is 1.29. The van der Waals surface area contributed by atoms with Gasteiger partial charge in [-0.05, 0) is 96.6 Å². The number of hydrogen-bond acceptors (Lipinski definition) is 0. The van der Waals surface area contributed by atoms with Gasteiger partial charge in [0, 0.05) is 11.3 Å². The minimum absolute atomic E-state index is 0.0505. The second-order valence-electron chi connectivity index (χ2n) is 12.2. The number of halogens is 7. The van der Waals surface area contributed by atoms with Crippen LogP contribution in [-0.4, -0.2) is 6.18 Å². The highest BCUT2D eigenvalue weighted by molar-refractivity contribution is 5.89. The van der Waals surface area contributed by atoms with Gasteiger partial charge in [-0.3, -0.25) is 0 Å². The summed E-state index contributed by atoms with van der Waals surface area (Å²) in [5.41, 5.74) is -0.924. The van der Waals surface area contributed by atoms with E-state index < -0.39 is 35.0 Å². The Bertz CT molecular complexity index is 1530. The number of benzene rings is 3. The van der Waals surface area contributed by atoms with E-state index in [1.54, 1.807) is 6.08 Å². The molecule has 0 aromatic heterocycles. The molecule has 2 fully saturated rings. The summed E-state index contributed by atoms with van der Waals surface area (Å²) in [6.07, 6.45) is 11.5. The number of allylic oxidation sites excluding steroid dienone is 1. The van der Waals surface area contributed by atoms with E-state index in [1.165, 1.54) is 81.6 Å². The summed E-state index contributed by atoms with van der Waals surface area (Å²) in [6, 6.07) is 6.89. The molecule has 0 nitrogen and oxygen atoms in total. The summed E-state index contributed by atoms with van der Waals surface area (Å²) in [5, 5.41) is -0.268. The first-order valence-electron chi connectivity index (χ1n) is 15.2. The van der Waals surface area contributed by atoms with Crippen molar-refractivity contribution in [3.05, 3.63) is 76.9 Å². The van der Waals surface area contributed by atoms with Crippen LogP contribution in [0.1, 0.15) is 82.3 Å². The van der Waals surface area contributed by atoms with Gasteiger partial charge in [-0.1, -0.05) is 69.2 Å². The largest absolute Gasteiger partial charge is 0.458 e. The Morgan fingerprint density at radius 1 is 0.837 bits per heavy atom. The van der Waals surface area contributed by atoms with E-state index >= 15 is 8.78 Å². The maximum atomic E-state index is 15.2. The molecule has 0 heterocycles. The fourth-order valence-corrected chi connectivity index (χ4v) is 7.09. The van der Waals surface area contributed by atoms with Gasteiger partial charge in [0.1, 0.15) is 23.3 Å². The lowest BCUT2D eigenvalue weighted by molar-refractivity contribution is -0.0696. The molecule has 0 spiro atoms. The summed E-state index contributed by atoms with van der Waals surface area (Å²) >= 11 is 0. The van der Waals surface area contributed by atoms with Crippen molar-refractivity contribution < 1.29 is 30.7 Å². The van der Waals surface area contributed by atoms with Crippen molar-refractivity contribution in [2.24, 2.45) is 23.7 Å². The predicted molar refractivity (Wildman–Crippen MR) is 157 cm³/mol. The number of alkyl halides is 3. The van der Waals surface area contributed by atoms with Crippen molar-refractivity contribution in [3.63, 3.8) is 0 Å². The molecule has 0 radical (unpaired) electrons. The second-order valence-corrected chi connectivity index (χ2v) is 12.2. The minimum atomic E-state index is -4.92. The maximum absolute atomic E-state index is 15.2.